The largest absolute Gasteiger partial charge is 0.358 e. The maximum atomic E-state index is 13.1. The summed E-state index contributed by atoms with van der Waals surface area (Å²) in [5.74, 6) is 0.352. The van der Waals surface area contributed by atoms with Crippen LogP contribution in [-0.4, -0.2) is 44.7 Å². The van der Waals surface area contributed by atoms with Crippen molar-refractivity contribution in [1.29, 1.82) is 0 Å². The Hall–Kier alpha value is -1.70. The number of hydrogen-bond acceptors (Lipinski definition) is 5. The lowest BCUT2D eigenvalue weighted by molar-refractivity contribution is -0.130. The minimum atomic E-state index is -0.0463. The van der Waals surface area contributed by atoms with Crippen molar-refractivity contribution < 1.29 is 4.79 Å². The number of likely N-dealkylation sites (tertiary alicyclic amines) is 1. The fourth-order valence-corrected chi connectivity index (χ4v) is 5.45. The van der Waals surface area contributed by atoms with Crippen LogP contribution in [-0.2, 0) is 4.79 Å². The van der Waals surface area contributed by atoms with Crippen LogP contribution in [0.15, 0.2) is 52.9 Å². The van der Waals surface area contributed by atoms with Crippen molar-refractivity contribution in [2.24, 2.45) is 5.10 Å². The van der Waals surface area contributed by atoms with Crippen LogP contribution >= 0.6 is 35.3 Å². The van der Waals surface area contributed by atoms with Gasteiger partial charge < -0.3 is 4.90 Å². The second-order valence-electron chi connectivity index (χ2n) is 7.00. The first kappa shape index (κ1) is 19.6. The van der Waals surface area contributed by atoms with Gasteiger partial charge in [-0.1, -0.05) is 60.4 Å². The van der Waals surface area contributed by atoms with Crippen molar-refractivity contribution in [2.45, 2.75) is 31.7 Å². The molecule has 0 bridgehead atoms. The normalized spacial score (nSPS) is 19.6. The number of benzene rings is 1. The van der Waals surface area contributed by atoms with Crippen molar-refractivity contribution in [2.75, 3.05) is 18.8 Å². The SMILES string of the molecule is O=C(CSC(=S)N1CCCCC1)N1N=C(c2cccs2)CC1c1ccccc1. The predicted molar refractivity (Wildman–Crippen MR) is 122 cm³/mol. The Morgan fingerprint density at radius 1 is 1.14 bits per heavy atom. The average molecular weight is 430 g/mol. The summed E-state index contributed by atoms with van der Waals surface area (Å²) in [7, 11) is 0. The number of thioether (sulfide) groups is 1. The maximum Gasteiger partial charge on any atom is 0.253 e. The molecule has 0 spiro atoms. The molecule has 4 rings (SSSR count). The minimum Gasteiger partial charge on any atom is -0.358 e. The fourth-order valence-electron chi connectivity index (χ4n) is 3.62. The van der Waals surface area contributed by atoms with E-state index in [2.05, 4.69) is 23.1 Å². The Labute approximate surface area is 179 Å². The van der Waals surface area contributed by atoms with Crippen LogP contribution < -0.4 is 0 Å². The molecule has 2 aromatic rings. The summed E-state index contributed by atoms with van der Waals surface area (Å²) in [5.41, 5.74) is 2.11. The third-order valence-electron chi connectivity index (χ3n) is 5.09. The molecule has 0 saturated carbocycles. The van der Waals surface area contributed by atoms with Crippen LogP contribution in [0.2, 0.25) is 0 Å². The number of rotatable bonds is 4. The number of thiophene rings is 1. The van der Waals surface area contributed by atoms with Crippen LogP contribution in [0, 0.1) is 0 Å². The van der Waals surface area contributed by atoms with Crippen molar-refractivity contribution in [1.82, 2.24) is 9.91 Å². The van der Waals surface area contributed by atoms with E-state index in [1.807, 2.05) is 29.6 Å². The third-order valence-corrected chi connectivity index (χ3v) is 7.52. The molecule has 1 aromatic heterocycles. The predicted octanol–water partition coefficient (Wildman–Crippen LogP) is 4.93. The molecule has 1 fully saturated rings. The second kappa shape index (κ2) is 9.20. The topological polar surface area (TPSA) is 35.9 Å². The first-order chi connectivity index (χ1) is 13.7. The number of hydrogen-bond donors (Lipinski definition) is 0. The molecule has 0 N–H and O–H groups in total. The molecule has 1 saturated heterocycles. The van der Waals surface area contributed by atoms with Crippen LogP contribution in [0.3, 0.4) is 0 Å². The number of nitrogens with zero attached hydrogens (tertiary/aromatic N) is 3. The summed E-state index contributed by atoms with van der Waals surface area (Å²) in [6, 6.07) is 14.2. The lowest BCUT2D eigenvalue weighted by Crippen LogP contribution is -2.34. The number of piperidine rings is 1. The molecule has 1 unspecified atom stereocenters. The zero-order valence-electron chi connectivity index (χ0n) is 15.6. The molecule has 7 heteroatoms. The Kier molecular flexibility index (Phi) is 6.44. The van der Waals surface area contributed by atoms with E-state index in [1.54, 1.807) is 16.3 Å². The summed E-state index contributed by atoms with van der Waals surface area (Å²) >= 11 is 8.70. The van der Waals surface area contributed by atoms with Crippen molar-refractivity contribution in [3.8, 4) is 0 Å². The van der Waals surface area contributed by atoms with E-state index in [0.29, 0.717) is 5.75 Å². The van der Waals surface area contributed by atoms with Gasteiger partial charge in [0.05, 0.1) is 22.4 Å². The molecule has 2 aliphatic heterocycles. The molecule has 28 heavy (non-hydrogen) atoms. The van der Waals surface area contributed by atoms with Crippen LogP contribution in [0.1, 0.15) is 42.2 Å². The number of hydrazone groups is 1. The highest BCUT2D eigenvalue weighted by atomic mass is 32.2. The molecule has 1 aromatic carbocycles. The maximum absolute atomic E-state index is 13.1. The quantitative estimate of drug-likeness (QED) is 0.646. The van der Waals surface area contributed by atoms with Crippen molar-refractivity contribution in [3.63, 3.8) is 0 Å². The highest BCUT2D eigenvalue weighted by molar-refractivity contribution is 8.23. The summed E-state index contributed by atoms with van der Waals surface area (Å²) < 4.78 is 0.839. The number of carbonyl (C=O) groups is 1. The van der Waals surface area contributed by atoms with Gasteiger partial charge in [-0.2, -0.15) is 5.10 Å². The Balaban J connectivity index is 1.47. The fraction of sp³-hybridized carbons (Fsp3) is 0.381. The lowest BCUT2D eigenvalue weighted by atomic mass is 10.0. The van der Waals surface area contributed by atoms with Crippen molar-refractivity contribution >= 4 is 51.3 Å². The van der Waals surface area contributed by atoms with Gasteiger partial charge >= 0.3 is 0 Å². The van der Waals surface area contributed by atoms with Gasteiger partial charge in [-0.05, 0) is 36.3 Å². The summed E-state index contributed by atoms with van der Waals surface area (Å²) in [6.45, 7) is 2.02. The van der Waals surface area contributed by atoms with Gasteiger partial charge in [-0.3, -0.25) is 4.79 Å². The third kappa shape index (κ3) is 4.47. The molecule has 146 valence electrons. The van der Waals surface area contributed by atoms with Crippen LogP contribution in [0.4, 0.5) is 0 Å². The van der Waals surface area contributed by atoms with Crippen LogP contribution in [0.25, 0.3) is 0 Å². The van der Waals surface area contributed by atoms with Gasteiger partial charge in [0.25, 0.3) is 5.91 Å². The van der Waals surface area contributed by atoms with Gasteiger partial charge in [-0.15, -0.1) is 11.3 Å². The monoisotopic (exact) mass is 429 g/mol. The number of thiocarbonyl (C=S) groups is 1. The second-order valence-corrected chi connectivity index (χ2v) is 9.55. The van der Waals surface area contributed by atoms with Crippen molar-refractivity contribution in [3.05, 3.63) is 58.3 Å². The molecular formula is C21H23N3OS3. The molecule has 1 amide bonds. The van der Waals surface area contributed by atoms with E-state index < -0.39 is 0 Å². The van der Waals surface area contributed by atoms with Crippen LogP contribution in [0.5, 0.6) is 0 Å². The van der Waals surface area contributed by atoms with E-state index in [9.17, 15) is 4.79 Å². The summed E-state index contributed by atoms with van der Waals surface area (Å²) in [4.78, 5) is 16.4. The zero-order chi connectivity index (χ0) is 19.3. The van der Waals surface area contributed by atoms with E-state index in [1.165, 1.54) is 31.0 Å². The molecular weight excluding hydrogens is 406 g/mol. The van der Waals surface area contributed by atoms with Gasteiger partial charge in [0.15, 0.2) is 0 Å². The molecule has 2 aliphatic rings. The van der Waals surface area contributed by atoms with Gasteiger partial charge in [-0.25, -0.2) is 5.01 Å². The van der Waals surface area contributed by atoms with Gasteiger partial charge in [0, 0.05) is 19.5 Å². The summed E-state index contributed by atoms with van der Waals surface area (Å²) in [6.07, 6.45) is 4.39. The molecule has 1 atom stereocenters. The standard InChI is InChI=1S/C21H23N3OS3/c25-20(15-28-21(26)23-11-5-2-6-12-23)24-18(16-8-3-1-4-9-16)14-17(22-24)19-10-7-13-27-19/h1,3-4,7-10,13,18H,2,5-6,11-12,14-15H2. The molecule has 0 radical (unpaired) electrons. The lowest BCUT2D eigenvalue weighted by Gasteiger charge is -2.29. The van der Waals surface area contributed by atoms with Gasteiger partial charge in [0.2, 0.25) is 0 Å². The summed E-state index contributed by atoms with van der Waals surface area (Å²) in [5, 5.41) is 8.44. The highest BCUT2D eigenvalue weighted by Crippen LogP contribution is 2.34. The number of amides is 1. The van der Waals surface area contributed by atoms with E-state index >= 15 is 0 Å². The van der Waals surface area contributed by atoms with E-state index in [0.717, 1.165) is 40.0 Å². The average Bonchev–Trinajstić information content (AvgIpc) is 3.43. The Morgan fingerprint density at radius 3 is 2.64 bits per heavy atom. The smallest absolute Gasteiger partial charge is 0.253 e. The molecule has 4 nitrogen and oxygen atoms in total. The Bertz CT molecular complexity index is 845. The number of carbonyl (C=O) groups excluding carboxylic acids is 1. The first-order valence-electron chi connectivity index (χ1n) is 9.62. The minimum absolute atomic E-state index is 0.0183. The molecule has 0 aliphatic carbocycles. The molecule has 3 heterocycles. The zero-order valence-corrected chi connectivity index (χ0v) is 18.1. The van der Waals surface area contributed by atoms with E-state index in [-0.39, 0.29) is 11.9 Å². The van der Waals surface area contributed by atoms with Gasteiger partial charge in [0.1, 0.15) is 4.32 Å². The Morgan fingerprint density at radius 2 is 1.93 bits per heavy atom. The first-order valence-corrected chi connectivity index (χ1v) is 11.9. The van der Waals surface area contributed by atoms with E-state index in [4.69, 9.17) is 17.3 Å². The highest BCUT2D eigenvalue weighted by Gasteiger charge is 2.33.